The molecule has 0 radical (unpaired) electrons. The predicted molar refractivity (Wildman–Crippen MR) is 101 cm³/mol. The van der Waals surface area contributed by atoms with Gasteiger partial charge in [0.1, 0.15) is 0 Å². The Labute approximate surface area is 155 Å². The van der Waals surface area contributed by atoms with Crippen molar-refractivity contribution in [3.8, 4) is 0 Å². The first kappa shape index (κ1) is 17.5. The van der Waals surface area contributed by atoms with Crippen molar-refractivity contribution < 1.29 is 4.39 Å². The number of hydrogen-bond acceptors (Lipinski definition) is 4. The molecule has 1 heterocycles. The standard InChI is InChI=1S/C18H15Cl2FN4/c1-10-4-3-5-11(2)16(10)24-18-22-9-15(21)17(25-18)23-12-6-7-13(19)14(20)8-12/h3-9H,1-2H3,(H2,22,23,24,25). The molecule has 25 heavy (non-hydrogen) atoms. The van der Waals surface area contributed by atoms with Crippen molar-refractivity contribution in [1.82, 2.24) is 9.97 Å². The minimum Gasteiger partial charge on any atom is -0.338 e. The zero-order valence-corrected chi connectivity index (χ0v) is 15.1. The normalized spacial score (nSPS) is 10.6. The lowest BCUT2D eigenvalue weighted by Crippen LogP contribution is -2.05. The second kappa shape index (κ2) is 7.25. The SMILES string of the molecule is Cc1cccc(C)c1Nc1ncc(F)c(Nc2ccc(Cl)c(Cl)c2)n1. The molecule has 3 rings (SSSR count). The van der Waals surface area contributed by atoms with E-state index in [1.807, 2.05) is 32.0 Å². The molecular formula is C18H15Cl2FN4. The molecule has 0 saturated carbocycles. The first-order chi connectivity index (χ1) is 11.9. The van der Waals surface area contributed by atoms with E-state index in [2.05, 4.69) is 20.6 Å². The molecular weight excluding hydrogens is 362 g/mol. The van der Waals surface area contributed by atoms with E-state index in [0.29, 0.717) is 21.7 Å². The molecule has 0 fully saturated rings. The number of nitrogens with zero attached hydrogens (tertiary/aromatic N) is 2. The number of nitrogens with one attached hydrogen (secondary N) is 2. The Bertz CT molecular complexity index is 911. The maximum atomic E-state index is 14.1. The highest BCUT2D eigenvalue weighted by Crippen LogP contribution is 2.28. The van der Waals surface area contributed by atoms with Gasteiger partial charge in [0, 0.05) is 11.4 Å². The van der Waals surface area contributed by atoms with Crippen LogP contribution in [0.25, 0.3) is 0 Å². The van der Waals surface area contributed by atoms with Gasteiger partial charge in [0.05, 0.1) is 16.2 Å². The second-order valence-corrected chi connectivity index (χ2v) is 6.35. The topological polar surface area (TPSA) is 49.8 Å². The van der Waals surface area contributed by atoms with Crippen LogP contribution in [0.2, 0.25) is 10.0 Å². The van der Waals surface area contributed by atoms with E-state index in [1.54, 1.807) is 18.2 Å². The maximum absolute atomic E-state index is 14.1. The van der Waals surface area contributed by atoms with Crippen molar-refractivity contribution in [2.24, 2.45) is 0 Å². The third-order valence-electron chi connectivity index (χ3n) is 3.64. The number of anilines is 4. The van der Waals surface area contributed by atoms with Crippen LogP contribution in [-0.2, 0) is 0 Å². The lowest BCUT2D eigenvalue weighted by atomic mass is 10.1. The van der Waals surface area contributed by atoms with Gasteiger partial charge in [0.15, 0.2) is 11.6 Å². The third-order valence-corrected chi connectivity index (χ3v) is 4.38. The van der Waals surface area contributed by atoms with Crippen molar-refractivity contribution >= 4 is 46.3 Å². The molecule has 0 aliphatic carbocycles. The van der Waals surface area contributed by atoms with Gasteiger partial charge in [0.25, 0.3) is 0 Å². The fourth-order valence-electron chi connectivity index (χ4n) is 2.35. The van der Waals surface area contributed by atoms with E-state index in [0.717, 1.165) is 23.0 Å². The molecule has 0 aliphatic rings. The van der Waals surface area contributed by atoms with E-state index >= 15 is 0 Å². The fourth-order valence-corrected chi connectivity index (χ4v) is 2.65. The number of para-hydroxylation sites is 1. The van der Waals surface area contributed by atoms with Crippen LogP contribution < -0.4 is 10.6 Å². The molecule has 2 aromatic carbocycles. The van der Waals surface area contributed by atoms with Crippen molar-refractivity contribution in [2.75, 3.05) is 10.6 Å². The molecule has 0 spiro atoms. The number of benzene rings is 2. The molecule has 0 bridgehead atoms. The van der Waals surface area contributed by atoms with Gasteiger partial charge < -0.3 is 10.6 Å². The summed E-state index contributed by atoms with van der Waals surface area (Å²) in [5.74, 6) is -0.235. The lowest BCUT2D eigenvalue weighted by molar-refractivity contribution is 0.619. The van der Waals surface area contributed by atoms with Crippen LogP contribution in [0.1, 0.15) is 11.1 Å². The summed E-state index contributed by atoms with van der Waals surface area (Å²) in [7, 11) is 0. The van der Waals surface area contributed by atoms with Gasteiger partial charge in [-0.2, -0.15) is 4.98 Å². The lowest BCUT2D eigenvalue weighted by Gasteiger charge is -2.13. The van der Waals surface area contributed by atoms with Gasteiger partial charge in [-0.15, -0.1) is 0 Å². The van der Waals surface area contributed by atoms with Gasteiger partial charge in [-0.25, -0.2) is 9.37 Å². The summed E-state index contributed by atoms with van der Waals surface area (Å²) in [5.41, 5.74) is 3.57. The highest BCUT2D eigenvalue weighted by atomic mass is 35.5. The van der Waals surface area contributed by atoms with Crippen molar-refractivity contribution in [3.05, 3.63) is 69.6 Å². The van der Waals surface area contributed by atoms with Crippen LogP contribution in [-0.4, -0.2) is 9.97 Å². The van der Waals surface area contributed by atoms with Gasteiger partial charge >= 0.3 is 0 Å². The number of rotatable bonds is 4. The highest BCUT2D eigenvalue weighted by Gasteiger charge is 2.10. The highest BCUT2D eigenvalue weighted by molar-refractivity contribution is 6.42. The number of halogens is 3. The van der Waals surface area contributed by atoms with E-state index in [9.17, 15) is 4.39 Å². The van der Waals surface area contributed by atoms with E-state index < -0.39 is 5.82 Å². The molecule has 0 aliphatic heterocycles. The van der Waals surface area contributed by atoms with Gasteiger partial charge in [-0.3, -0.25) is 0 Å². The molecule has 0 unspecified atom stereocenters. The zero-order valence-electron chi connectivity index (χ0n) is 13.6. The van der Waals surface area contributed by atoms with Crippen LogP contribution in [0.4, 0.5) is 27.5 Å². The summed E-state index contributed by atoms with van der Waals surface area (Å²) in [5, 5.41) is 6.82. The first-order valence-electron chi connectivity index (χ1n) is 7.52. The largest absolute Gasteiger partial charge is 0.338 e. The quantitative estimate of drug-likeness (QED) is 0.583. The van der Waals surface area contributed by atoms with Crippen LogP contribution in [0.3, 0.4) is 0 Å². The third kappa shape index (κ3) is 4.00. The maximum Gasteiger partial charge on any atom is 0.229 e. The molecule has 0 saturated heterocycles. The van der Waals surface area contributed by atoms with Gasteiger partial charge in [-0.1, -0.05) is 41.4 Å². The summed E-state index contributed by atoms with van der Waals surface area (Å²) < 4.78 is 14.1. The molecule has 128 valence electrons. The van der Waals surface area contributed by atoms with E-state index in [1.165, 1.54) is 0 Å². The predicted octanol–water partition coefficient (Wildman–Crippen LogP) is 6.03. The average molecular weight is 377 g/mol. The zero-order chi connectivity index (χ0) is 18.0. The Morgan fingerprint density at radius 1 is 0.960 bits per heavy atom. The Morgan fingerprint density at radius 2 is 1.68 bits per heavy atom. The Balaban J connectivity index is 1.89. The minimum atomic E-state index is -0.571. The monoisotopic (exact) mass is 376 g/mol. The van der Waals surface area contributed by atoms with Crippen LogP contribution in [0.15, 0.2) is 42.6 Å². The van der Waals surface area contributed by atoms with Gasteiger partial charge in [0.2, 0.25) is 5.95 Å². The molecule has 2 N–H and O–H groups in total. The summed E-state index contributed by atoms with van der Waals surface area (Å²) in [6, 6.07) is 10.8. The van der Waals surface area contributed by atoms with Crippen molar-refractivity contribution in [3.63, 3.8) is 0 Å². The Morgan fingerprint density at radius 3 is 2.36 bits per heavy atom. The van der Waals surface area contributed by atoms with Crippen molar-refractivity contribution in [2.45, 2.75) is 13.8 Å². The average Bonchev–Trinajstić information content (AvgIpc) is 2.57. The van der Waals surface area contributed by atoms with E-state index in [-0.39, 0.29) is 5.82 Å². The number of hydrogen-bond donors (Lipinski definition) is 2. The molecule has 4 nitrogen and oxygen atoms in total. The molecule has 7 heteroatoms. The number of aryl methyl sites for hydroxylation is 2. The van der Waals surface area contributed by atoms with Gasteiger partial charge in [-0.05, 0) is 43.2 Å². The summed E-state index contributed by atoms with van der Waals surface area (Å²) in [6.07, 6.45) is 1.11. The summed E-state index contributed by atoms with van der Waals surface area (Å²) in [4.78, 5) is 8.22. The Kier molecular flexibility index (Phi) is 5.06. The summed E-state index contributed by atoms with van der Waals surface area (Å²) >= 11 is 11.9. The Hall–Kier alpha value is -2.37. The summed E-state index contributed by atoms with van der Waals surface area (Å²) in [6.45, 7) is 3.96. The minimum absolute atomic E-state index is 0.0436. The fraction of sp³-hybridized carbons (Fsp3) is 0.111. The second-order valence-electron chi connectivity index (χ2n) is 5.54. The van der Waals surface area contributed by atoms with Crippen LogP contribution >= 0.6 is 23.2 Å². The number of aromatic nitrogens is 2. The smallest absolute Gasteiger partial charge is 0.229 e. The van der Waals surface area contributed by atoms with Crippen molar-refractivity contribution in [1.29, 1.82) is 0 Å². The molecule has 0 amide bonds. The molecule has 0 atom stereocenters. The molecule has 3 aromatic rings. The van der Waals surface area contributed by atoms with Crippen LogP contribution in [0.5, 0.6) is 0 Å². The molecule has 1 aromatic heterocycles. The van der Waals surface area contributed by atoms with Crippen LogP contribution in [0, 0.1) is 19.7 Å². The van der Waals surface area contributed by atoms with E-state index in [4.69, 9.17) is 23.2 Å². The first-order valence-corrected chi connectivity index (χ1v) is 8.27.